The minimum atomic E-state index is -0.391. The quantitative estimate of drug-likeness (QED) is 0.631. The zero-order valence-corrected chi connectivity index (χ0v) is 14.7. The fraction of sp³-hybridized carbons (Fsp3) is 0.300. The molecule has 0 aliphatic carbocycles. The van der Waals surface area contributed by atoms with Crippen LogP contribution in [0.15, 0.2) is 57.7 Å². The van der Waals surface area contributed by atoms with Crippen LogP contribution < -0.4 is 15.8 Å². The van der Waals surface area contributed by atoms with Crippen molar-refractivity contribution in [3.8, 4) is 5.75 Å². The lowest BCUT2D eigenvalue weighted by atomic mass is 10.2. The number of benzene rings is 2. The number of oxazole rings is 1. The van der Waals surface area contributed by atoms with Crippen LogP contribution in [0.1, 0.15) is 18.4 Å². The molecule has 6 nitrogen and oxygen atoms in total. The number of aromatic nitrogens is 1. The summed E-state index contributed by atoms with van der Waals surface area (Å²) in [5, 5.41) is 2.82. The normalized spacial score (nSPS) is 10.8. The highest BCUT2D eigenvalue weighted by atomic mass is 16.5. The number of aryl methyl sites for hydroxylation is 2. The van der Waals surface area contributed by atoms with Crippen LogP contribution in [0, 0.1) is 6.92 Å². The van der Waals surface area contributed by atoms with Crippen LogP contribution in [0.3, 0.4) is 0 Å². The van der Waals surface area contributed by atoms with Crippen LogP contribution in [0.25, 0.3) is 11.1 Å². The molecule has 0 fully saturated rings. The molecule has 0 aliphatic rings. The van der Waals surface area contributed by atoms with E-state index in [9.17, 15) is 9.59 Å². The average Bonchev–Trinajstić information content (AvgIpc) is 2.96. The van der Waals surface area contributed by atoms with Crippen LogP contribution in [0.2, 0.25) is 0 Å². The number of para-hydroxylation sites is 2. The summed E-state index contributed by atoms with van der Waals surface area (Å²) >= 11 is 0. The summed E-state index contributed by atoms with van der Waals surface area (Å²) in [7, 11) is 0. The number of hydrogen-bond acceptors (Lipinski definition) is 4. The Kier molecular flexibility index (Phi) is 5.73. The molecule has 1 amide bonds. The van der Waals surface area contributed by atoms with Crippen molar-refractivity contribution in [1.82, 2.24) is 9.88 Å². The van der Waals surface area contributed by atoms with Gasteiger partial charge in [0.25, 0.3) is 0 Å². The van der Waals surface area contributed by atoms with Gasteiger partial charge < -0.3 is 14.5 Å². The molecule has 1 heterocycles. The lowest BCUT2D eigenvalue weighted by Crippen LogP contribution is -2.28. The standard InChI is InChI=1S/C20H22N2O4/c1-15-8-10-16(11-9-15)25-14-12-21-19(23)7-4-13-22-17-5-2-3-6-18(17)26-20(22)24/h2-3,5-6,8-11H,4,7,12-14H2,1H3,(H,21,23). The number of ether oxygens (including phenoxy) is 1. The Morgan fingerprint density at radius 1 is 1.15 bits per heavy atom. The van der Waals surface area contributed by atoms with Gasteiger partial charge in [-0.15, -0.1) is 0 Å². The zero-order valence-electron chi connectivity index (χ0n) is 14.7. The molecule has 6 heteroatoms. The van der Waals surface area contributed by atoms with Crippen molar-refractivity contribution in [2.24, 2.45) is 0 Å². The van der Waals surface area contributed by atoms with Gasteiger partial charge in [-0.25, -0.2) is 4.79 Å². The van der Waals surface area contributed by atoms with E-state index < -0.39 is 5.76 Å². The molecule has 2 aromatic carbocycles. The monoisotopic (exact) mass is 354 g/mol. The maximum absolute atomic E-state index is 11.9. The molecule has 0 bridgehead atoms. The summed E-state index contributed by atoms with van der Waals surface area (Å²) in [4.78, 5) is 23.8. The first-order valence-electron chi connectivity index (χ1n) is 8.68. The van der Waals surface area contributed by atoms with Crippen molar-refractivity contribution in [2.45, 2.75) is 26.3 Å². The van der Waals surface area contributed by atoms with E-state index in [1.165, 1.54) is 5.56 Å². The molecular weight excluding hydrogens is 332 g/mol. The number of carbonyl (C=O) groups excluding carboxylic acids is 1. The number of amides is 1. The summed E-state index contributed by atoms with van der Waals surface area (Å²) < 4.78 is 12.3. The van der Waals surface area contributed by atoms with Gasteiger partial charge in [0.05, 0.1) is 12.1 Å². The molecule has 0 aliphatic heterocycles. The van der Waals surface area contributed by atoms with E-state index in [0.717, 1.165) is 11.3 Å². The van der Waals surface area contributed by atoms with Gasteiger partial charge in [0, 0.05) is 13.0 Å². The van der Waals surface area contributed by atoms with Crippen molar-refractivity contribution >= 4 is 17.0 Å². The van der Waals surface area contributed by atoms with Gasteiger partial charge in [-0.05, 0) is 37.6 Å². The minimum Gasteiger partial charge on any atom is -0.492 e. The first-order chi connectivity index (χ1) is 12.6. The lowest BCUT2D eigenvalue weighted by Gasteiger charge is -2.08. The van der Waals surface area contributed by atoms with Crippen LogP contribution in [-0.2, 0) is 11.3 Å². The van der Waals surface area contributed by atoms with E-state index in [2.05, 4.69) is 5.32 Å². The van der Waals surface area contributed by atoms with Crippen LogP contribution in [0.4, 0.5) is 0 Å². The smallest absolute Gasteiger partial charge is 0.419 e. The van der Waals surface area contributed by atoms with E-state index in [1.807, 2.05) is 49.4 Å². The Bertz CT molecular complexity index is 925. The first-order valence-corrected chi connectivity index (χ1v) is 8.68. The Hall–Kier alpha value is -3.02. The average molecular weight is 354 g/mol. The van der Waals surface area contributed by atoms with Gasteiger partial charge in [0.15, 0.2) is 5.58 Å². The summed E-state index contributed by atoms with van der Waals surface area (Å²) in [6.07, 6.45) is 0.907. The molecule has 1 aromatic heterocycles. The second-order valence-corrected chi connectivity index (χ2v) is 6.10. The van der Waals surface area contributed by atoms with Gasteiger partial charge in [-0.1, -0.05) is 29.8 Å². The summed E-state index contributed by atoms with van der Waals surface area (Å²) in [6, 6.07) is 15.0. The molecule has 0 saturated carbocycles. The van der Waals surface area contributed by atoms with Crippen molar-refractivity contribution in [2.75, 3.05) is 13.2 Å². The fourth-order valence-electron chi connectivity index (χ4n) is 2.71. The Morgan fingerprint density at radius 2 is 1.92 bits per heavy atom. The number of hydrogen-bond donors (Lipinski definition) is 1. The largest absolute Gasteiger partial charge is 0.492 e. The van der Waals surface area contributed by atoms with Crippen LogP contribution in [-0.4, -0.2) is 23.6 Å². The number of rotatable bonds is 8. The predicted octanol–water partition coefficient (Wildman–Crippen LogP) is 2.88. The molecule has 0 saturated heterocycles. The summed E-state index contributed by atoms with van der Waals surface area (Å²) in [6.45, 7) is 3.33. The second kappa shape index (κ2) is 8.38. The van der Waals surface area contributed by atoms with E-state index >= 15 is 0 Å². The number of nitrogens with one attached hydrogen (secondary N) is 1. The zero-order chi connectivity index (χ0) is 18.4. The molecule has 3 aromatic rings. The maximum atomic E-state index is 11.9. The highest BCUT2D eigenvalue weighted by Gasteiger charge is 2.09. The third-order valence-corrected chi connectivity index (χ3v) is 4.07. The Morgan fingerprint density at radius 3 is 2.73 bits per heavy atom. The minimum absolute atomic E-state index is 0.0571. The van der Waals surface area contributed by atoms with Crippen molar-refractivity contribution in [3.63, 3.8) is 0 Å². The summed E-state index contributed by atoms with van der Waals surface area (Å²) in [5.74, 6) is 0.340. The molecule has 1 N–H and O–H groups in total. The lowest BCUT2D eigenvalue weighted by molar-refractivity contribution is -0.121. The molecule has 0 unspecified atom stereocenters. The van der Waals surface area contributed by atoms with E-state index in [-0.39, 0.29) is 5.91 Å². The first kappa shape index (κ1) is 17.8. The highest BCUT2D eigenvalue weighted by Crippen LogP contribution is 2.12. The van der Waals surface area contributed by atoms with Gasteiger partial charge in [-0.3, -0.25) is 9.36 Å². The Labute approximate surface area is 151 Å². The fourth-order valence-corrected chi connectivity index (χ4v) is 2.71. The molecular formula is C20H22N2O4. The van der Waals surface area contributed by atoms with E-state index in [1.54, 1.807) is 10.6 Å². The van der Waals surface area contributed by atoms with Gasteiger partial charge >= 0.3 is 5.76 Å². The number of fused-ring (bicyclic) bond motifs is 1. The molecule has 136 valence electrons. The van der Waals surface area contributed by atoms with Gasteiger partial charge in [0.1, 0.15) is 12.4 Å². The predicted molar refractivity (Wildman–Crippen MR) is 99.4 cm³/mol. The van der Waals surface area contributed by atoms with E-state index in [4.69, 9.17) is 9.15 Å². The van der Waals surface area contributed by atoms with Crippen LogP contribution in [0.5, 0.6) is 5.75 Å². The van der Waals surface area contributed by atoms with Gasteiger partial charge in [0.2, 0.25) is 5.91 Å². The molecule has 0 spiro atoms. The molecule has 0 atom stereocenters. The van der Waals surface area contributed by atoms with Crippen LogP contribution >= 0.6 is 0 Å². The highest BCUT2D eigenvalue weighted by molar-refractivity contribution is 5.76. The second-order valence-electron chi connectivity index (χ2n) is 6.10. The Balaban J connectivity index is 1.38. The molecule has 26 heavy (non-hydrogen) atoms. The number of carbonyl (C=O) groups is 1. The van der Waals surface area contributed by atoms with Gasteiger partial charge in [-0.2, -0.15) is 0 Å². The van der Waals surface area contributed by atoms with E-state index in [0.29, 0.717) is 38.1 Å². The molecule has 0 radical (unpaired) electrons. The summed E-state index contributed by atoms with van der Waals surface area (Å²) in [5.41, 5.74) is 2.50. The van der Waals surface area contributed by atoms with Crippen molar-refractivity contribution in [1.29, 1.82) is 0 Å². The van der Waals surface area contributed by atoms with Crippen molar-refractivity contribution in [3.05, 3.63) is 64.6 Å². The topological polar surface area (TPSA) is 73.5 Å². The third kappa shape index (κ3) is 4.53. The van der Waals surface area contributed by atoms with Crippen molar-refractivity contribution < 1.29 is 13.9 Å². The number of nitrogens with zero attached hydrogens (tertiary/aromatic N) is 1. The molecule has 3 rings (SSSR count). The maximum Gasteiger partial charge on any atom is 0.419 e. The SMILES string of the molecule is Cc1ccc(OCCNC(=O)CCCn2c(=O)oc3ccccc32)cc1. The third-order valence-electron chi connectivity index (χ3n) is 4.07.